The maximum absolute atomic E-state index is 12.4. The molecule has 0 atom stereocenters. The van der Waals surface area contributed by atoms with E-state index in [1.165, 1.54) is 21.8 Å². The Morgan fingerprint density at radius 3 is 2.63 bits per heavy atom. The van der Waals surface area contributed by atoms with Crippen LogP contribution in [-0.4, -0.2) is 28.6 Å². The lowest BCUT2D eigenvalue weighted by Gasteiger charge is -2.12. The number of hydrogen-bond donors (Lipinski definition) is 0. The maximum Gasteiger partial charge on any atom is 0.338 e. The van der Waals surface area contributed by atoms with E-state index in [1.54, 1.807) is 18.2 Å². The lowest BCUT2D eigenvalue weighted by Crippen LogP contribution is -2.16. The molecule has 0 saturated carbocycles. The molecular weight excluding hydrogens is 368 g/mol. The van der Waals surface area contributed by atoms with Gasteiger partial charge in [-0.05, 0) is 39.0 Å². The summed E-state index contributed by atoms with van der Waals surface area (Å²) in [7, 11) is 0. The number of aromatic nitrogens is 2. The predicted octanol–water partition coefficient (Wildman–Crippen LogP) is 3.22. The Hall–Kier alpha value is -2.87. The fourth-order valence-electron chi connectivity index (χ4n) is 2.58. The third kappa shape index (κ3) is 4.11. The molecule has 142 valence electrons. The molecule has 1 aromatic carbocycles. The van der Waals surface area contributed by atoms with Crippen molar-refractivity contribution in [3.05, 3.63) is 57.0 Å². The van der Waals surface area contributed by atoms with Gasteiger partial charge in [0.05, 0.1) is 24.5 Å². The molecule has 2 aromatic heterocycles. The van der Waals surface area contributed by atoms with Crippen LogP contribution in [0, 0.1) is 6.92 Å². The number of hydrogen-bond acceptors (Lipinski definition) is 7. The number of nitrogens with zero attached hydrogens (tertiary/aromatic N) is 2. The van der Waals surface area contributed by atoms with Crippen LogP contribution in [0.1, 0.15) is 35.6 Å². The molecular formula is C19H20N2O5S. The molecule has 0 saturated heterocycles. The third-order valence-electron chi connectivity index (χ3n) is 3.76. The van der Waals surface area contributed by atoms with Gasteiger partial charge in [-0.1, -0.05) is 0 Å². The predicted molar refractivity (Wildman–Crippen MR) is 102 cm³/mol. The minimum atomic E-state index is -0.525. The highest BCUT2D eigenvalue weighted by molar-refractivity contribution is 7.15. The normalized spacial score (nSPS) is 10.8. The van der Waals surface area contributed by atoms with Crippen molar-refractivity contribution in [3.63, 3.8) is 0 Å². The highest BCUT2D eigenvalue weighted by atomic mass is 32.1. The van der Waals surface area contributed by atoms with E-state index in [-0.39, 0.29) is 12.2 Å². The Labute approximate surface area is 160 Å². The SMILES string of the molecule is CCOc1ccc(C(=O)OCc2cc(=O)n3c(C)csc3n2)cc1OCC. The van der Waals surface area contributed by atoms with Gasteiger partial charge in [-0.25, -0.2) is 9.78 Å². The van der Waals surface area contributed by atoms with Crippen LogP contribution in [0.2, 0.25) is 0 Å². The number of thiazole rings is 1. The first-order chi connectivity index (χ1) is 13.0. The van der Waals surface area contributed by atoms with Crippen molar-refractivity contribution in [1.82, 2.24) is 9.38 Å². The van der Waals surface area contributed by atoms with Crippen LogP contribution in [0.15, 0.2) is 34.4 Å². The minimum absolute atomic E-state index is 0.0846. The number of carbonyl (C=O) groups is 1. The molecule has 0 radical (unpaired) electrons. The molecule has 7 nitrogen and oxygen atoms in total. The van der Waals surface area contributed by atoms with Crippen molar-refractivity contribution in [2.24, 2.45) is 0 Å². The average Bonchev–Trinajstić information content (AvgIpc) is 3.03. The molecule has 0 aliphatic rings. The summed E-state index contributed by atoms with van der Waals surface area (Å²) in [5.74, 6) is 0.535. The molecule has 0 fully saturated rings. The summed E-state index contributed by atoms with van der Waals surface area (Å²) < 4.78 is 17.8. The van der Waals surface area contributed by atoms with Crippen LogP contribution in [0.25, 0.3) is 4.96 Å². The summed E-state index contributed by atoms with van der Waals surface area (Å²) in [5.41, 5.74) is 1.39. The van der Waals surface area contributed by atoms with E-state index in [9.17, 15) is 9.59 Å². The van der Waals surface area contributed by atoms with E-state index in [0.717, 1.165) is 5.69 Å². The van der Waals surface area contributed by atoms with Crippen molar-refractivity contribution in [2.75, 3.05) is 13.2 Å². The van der Waals surface area contributed by atoms with Gasteiger partial charge in [0.1, 0.15) is 6.61 Å². The van der Waals surface area contributed by atoms with E-state index in [0.29, 0.717) is 40.9 Å². The zero-order valence-electron chi connectivity index (χ0n) is 15.4. The van der Waals surface area contributed by atoms with E-state index >= 15 is 0 Å². The van der Waals surface area contributed by atoms with Crippen molar-refractivity contribution < 1.29 is 19.0 Å². The van der Waals surface area contributed by atoms with Gasteiger partial charge in [0.15, 0.2) is 16.5 Å². The average molecular weight is 388 g/mol. The molecule has 3 aromatic rings. The number of esters is 1. The molecule has 0 unspecified atom stereocenters. The molecule has 0 bridgehead atoms. The highest BCUT2D eigenvalue weighted by Gasteiger charge is 2.14. The summed E-state index contributed by atoms with van der Waals surface area (Å²) >= 11 is 1.37. The number of benzene rings is 1. The summed E-state index contributed by atoms with van der Waals surface area (Å²) in [6, 6.07) is 6.26. The lowest BCUT2D eigenvalue weighted by atomic mass is 10.2. The first kappa shape index (κ1) is 18.9. The van der Waals surface area contributed by atoms with Gasteiger partial charge in [-0.2, -0.15) is 0 Å². The Bertz CT molecular complexity index is 1020. The van der Waals surface area contributed by atoms with Crippen LogP contribution in [-0.2, 0) is 11.3 Å². The lowest BCUT2D eigenvalue weighted by molar-refractivity contribution is 0.0467. The summed E-state index contributed by atoms with van der Waals surface area (Å²) in [6.45, 7) is 6.43. The Balaban J connectivity index is 1.76. The van der Waals surface area contributed by atoms with Gasteiger partial charge in [0.25, 0.3) is 5.56 Å². The first-order valence-electron chi connectivity index (χ1n) is 8.57. The Morgan fingerprint density at radius 2 is 1.89 bits per heavy atom. The van der Waals surface area contributed by atoms with Crippen molar-refractivity contribution in [3.8, 4) is 11.5 Å². The largest absolute Gasteiger partial charge is 0.490 e. The molecule has 3 rings (SSSR count). The van der Waals surface area contributed by atoms with Gasteiger partial charge in [0, 0.05) is 17.1 Å². The molecule has 8 heteroatoms. The monoisotopic (exact) mass is 388 g/mol. The number of fused-ring (bicyclic) bond motifs is 1. The number of aryl methyl sites for hydroxylation is 1. The summed E-state index contributed by atoms with van der Waals surface area (Å²) in [5, 5.41) is 1.86. The van der Waals surface area contributed by atoms with Crippen LogP contribution in [0.3, 0.4) is 0 Å². The Morgan fingerprint density at radius 1 is 1.15 bits per heavy atom. The van der Waals surface area contributed by atoms with Gasteiger partial charge in [-0.3, -0.25) is 9.20 Å². The second-order valence-corrected chi connectivity index (χ2v) is 6.52. The second-order valence-electron chi connectivity index (χ2n) is 5.68. The number of ether oxygens (including phenoxy) is 3. The summed E-state index contributed by atoms with van der Waals surface area (Å²) in [6.07, 6.45) is 0. The molecule has 0 spiro atoms. The second kappa shape index (κ2) is 8.22. The fraction of sp³-hybridized carbons (Fsp3) is 0.316. The molecule has 0 amide bonds. The van der Waals surface area contributed by atoms with Gasteiger partial charge in [0.2, 0.25) is 0 Å². The zero-order chi connectivity index (χ0) is 19.4. The quantitative estimate of drug-likeness (QED) is 0.578. The maximum atomic E-state index is 12.4. The molecule has 2 heterocycles. The van der Waals surface area contributed by atoms with E-state index in [2.05, 4.69) is 4.98 Å². The van der Waals surface area contributed by atoms with Crippen molar-refractivity contribution in [2.45, 2.75) is 27.4 Å². The van der Waals surface area contributed by atoms with E-state index in [1.807, 2.05) is 26.2 Å². The van der Waals surface area contributed by atoms with Gasteiger partial charge >= 0.3 is 5.97 Å². The standard InChI is InChI=1S/C19H20N2O5S/c1-4-24-15-7-6-13(8-16(15)25-5-2)18(23)26-10-14-9-17(22)21-12(3)11-27-19(21)20-14/h6-9,11H,4-5,10H2,1-3H3. The van der Waals surface area contributed by atoms with E-state index < -0.39 is 5.97 Å². The minimum Gasteiger partial charge on any atom is -0.490 e. The first-order valence-corrected chi connectivity index (χ1v) is 9.45. The summed E-state index contributed by atoms with van der Waals surface area (Å²) in [4.78, 5) is 29.5. The smallest absolute Gasteiger partial charge is 0.338 e. The van der Waals surface area contributed by atoms with Crippen molar-refractivity contribution >= 4 is 22.3 Å². The zero-order valence-corrected chi connectivity index (χ0v) is 16.2. The van der Waals surface area contributed by atoms with Crippen LogP contribution >= 0.6 is 11.3 Å². The molecule has 27 heavy (non-hydrogen) atoms. The van der Waals surface area contributed by atoms with Crippen molar-refractivity contribution in [1.29, 1.82) is 0 Å². The van der Waals surface area contributed by atoms with E-state index in [4.69, 9.17) is 14.2 Å². The fourth-order valence-corrected chi connectivity index (χ4v) is 3.47. The Kier molecular flexibility index (Phi) is 5.75. The van der Waals surface area contributed by atoms with Gasteiger partial charge < -0.3 is 14.2 Å². The molecule has 0 N–H and O–H groups in total. The molecule has 0 aliphatic heterocycles. The number of carbonyl (C=O) groups excluding carboxylic acids is 1. The number of rotatable bonds is 7. The highest BCUT2D eigenvalue weighted by Crippen LogP contribution is 2.29. The van der Waals surface area contributed by atoms with Gasteiger partial charge in [-0.15, -0.1) is 11.3 Å². The van der Waals surface area contributed by atoms with Crippen LogP contribution in [0.4, 0.5) is 0 Å². The topological polar surface area (TPSA) is 79.1 Å². The van der Waals surface area contributed by atoms with Crippen LogP contribution in [0.5, 0.6) is 11.5 Å². The third-order valence-corrected chi connectivity index (χ3v) is 4.70. The van der Waals surface area contributed by atoms with Crippen LogP contribution < -0.4 is 15.0 Å². The molecule has 0 aliphatic carbocycles.